The smallest absolute Gasteiger partial charge is 0.237 e. The molecule has 1 aliphatic heterocycles. The highest BCUT2D eigenvalue weighted by Crippen LogP contribution is 2.06. The van der Waals surface area contributed by atoms with Gasteiger partial charge in [0.1, 0.15) is 5.88 Å². The molecule has 1 N–H and O–H groups in total. The van der Waals surface area contributed by atoms with E-state index in [4.69, 9.17) is 11.6 Å². The van der Waals surface area contributed by atoms with Crippen molar-refractivity contribution in [1.82, 2.24) is 19.8 Å². The van der Waals surface area contributed by atoms with E-state index in [9.17, 15) is 4.79 Å². The maximum Gasteiger partial charge on any atom is 0.237 e. The minimum absolute atomic E-state index is 0. The summed E-state index contributed by atoms with van der Waals surface area (Å²) in [7, 11) is 0. The molecule has 7 heteroatoms. The van der Waals surface area contributed by atoms with Crippen molar-refractivity contribution in [1.29, 1.82) is 0 Å². The Bertz CT molecular complexity index is 336. The quantitative estimate of drug-likeness (QED) is 0.829. The van der Waals surface area contributed by atoms with Gasteiger partial charge in [-0.25, -0.2) is 4.98 Å². The van der Waals surface area contributed by atoms with Crippen LogP contribution in [-0.2, 0) is 11.3 Å². The molecule has 1 aliphatic rings. The molecule has 0 saturated carbocycles. The number of imidazole rings is 1. The van der Waals surface area contributed by atoms with Crippen molar-refractivity contribution in [2.75, 3.05) is 32.1 Å². The Morgan fingerprint density at radius 2 is 2.12 bits per heavy atom. The number of rotatable bonds is 3. The first-order valence-electron chi connectivity index (χ1n) is 5.33. The predicted molar refractivity (Wildman–Crippen MR) is 68.4 cm³/mol. The number of aromatic amines is 1. The first-order chi connectivity index (χ1) is 7.79. The predicted octanol–water partition coefficient (Wildman–Crippen LogP) is 0.714. The number of carbonyl (C=O) groups excluding carboxylic acids is 1. The van der Waals surface area contributed by atoms with Crippen LogP contribution in [0.3, 0.4) is 0 Å². The molecule has 17 heavy (non-hydrogen) atoms. The van der Waals surface area contributed by atoms with Crippen LogP contribution < -0.4 is 0 Å². The summed E-state index contributed by atoms with van der Waals surface area (Å²) in [5, 5.41) is 0. The van der Waals surface area contributed by atoms with Crippen molar-refractivity contribution in [2.24, 2.45) is 0 Å². The molecule has 1 fully saturated rings. The van der Waals surface area contributed by atoms with Crippen molar-refractivity contribution in [2.45, 2.75) is 6.54 Å². The van der Waals surface area contributed by atoms with Crippen LogP contribution in [0, 0.1) is 0 Å². The molecular weight excluding hydrogens is 263 g/mol. The Hall–Kier alpha value is -0.780. The third-order valence-electron chi connectivity index (χ3n) is 2.79. The number of alkyl halides is 1. The summed E-state index contributed by atoms with van der Waals surface area (Å²) in [6, 6.07) is 0. The molecular formula is C10H16Cl2N4O. The molecule has 5 nitrogen and oxygen atoms in total. The van der Waals surface area contributed by atoms with Gasteiger partial charge in [0.05, 0.1) is 6.33 Å². The summed E-state index contributed by atoms with van der Waals surface area (Å²) in [5.74, 6) is 0.114. The lowest BCUT2D eigenvalue weighted by atomic mass is 10.3. The Morgan fingerprint density at radius 3 is 2.65 bits per heavy atom. The molecule has 0 radical (unpaired) electrons. The third-order valence-corrected chi connectivity index (χ3v) is 3.02. The van der Waals surface area contributed by atoms with Gasteiger partial charge in [0.2, 0.25) is 5.91 Å². The fourth-order valence-corrected chi connectivity index (χ4v) is 2.02. The van der Waals surface area contributed by atoms with Crippen LogP contribution >= 0.6 is 24.0 Å². The summed E-state index contributed by atoms with van der Waals surface area (Å²) in [4.78, 5) is 22.5. The van der Waals surface area contributed by atoms with E-state index in [1.165, 1.54) is 0 Å². The van der Waals surface area contributed by atoms with Crippen molar-refractivity contribution in [3.63, 3.8) is 0 Å². The molecule has 0 aliphatic carbocycles. The van der Waals surface area contributed by atoms with Gasteiger partial charge < -0.3 is 9.88 Å². The maximum atomic E-state index is 11.3. The third kappa shape index (κ3) is 3.87. The van der Waals surface area contributed by atoms with Gasteiger partial charge in [-0.2, -0.15) is 0 Å². The van der Waals surface area contributed by atoms with E-state index in [1.54, 1.807) is 6.33 Å². The second-order valence-corrected chi connectivity index (χ2v) is 4.13. The largest absolute Gasteiger partial charge is 0.347 e. The topological polar surface area (TPSA) is 52.2 Å². The van der Waals surface area contributed by atoms with Crippen molar-refractivity contribution < 1.29 is 4.79 Å². The monoisotopic (exact) mass is 278 g/mol. The van der Waals surface area contributed by atoms with Crippen molar-refractivity contribution in [3.05, 3.63) is 18.2 Å². The SMILES string of the molecule is Cl.O=C(CCl)N1CCN(Cc2cnc[nH]2)CC1. The molecule has 0 unspecified atom stereocenters. The Kier molecular flexibility index (Phi) is 5.74. The van der Waals surface area contributed by atoms with Crippen LogP contribution in [0.2, 0.25) is 0 Å². The Labute approximate surface area is 112 Å². The molecule has 1 aromatic rings. The van der Waals surface area contributed by atoms with Gasteiger partial charge in [-0.15, -0.1) is 24.0 Å². The van der Waals surface area contributed by atoms with Crippen LogP contribution in [0.25, 0.3) is 0 Å². The normalized spacial score (nSPS) is 16.6. The van der Waals surface area contributed by atoms with E-state index in [0.29, 0.717) is 0 Å². The first-order valence-corrected chi connectivity index (χ1v) is 5.86. The molecule has 2 rings (SSSR count). The van der Waals surface area contributed by atoms with Gasteiger partial charge in [-0.1, -0.05) is 0 Å². The molecule has 1 saturated heterocycles. The van der Waals surface area contributed by atoms with Crippen LogP contribution in [0.15, 0.2) is 12.5 Å². The van der Waals surface area contributed by atoms with E-state index in [-0.39, 0.29) is 24.2 Å². The van der Waals surface area contributed by atoms with E-state index in [2.05, 4.69) is 14.9 Å². The summed E-state index contributed by atoms with van der Waals surface area (Å²) >= 11 is 5.52. The molecule has 0 aromatic carbocycles. The van der Waals surface area contributed by atoms with Crippen molar-refractivity contribution >= 4 is 29.9 Å². The lowest BCUT2D eigenvalue weighted by Gasteiger charge is -2.34. The number of halogens is 2. The van der Waals surface area contributed by atoms with Crippen LogP contribution in [0.1, 0.15) is 5.69 Å². The van der Waals surface area contributed by atoms with Crippen LogP contribution in [-0.4, -0.2) is 57.7 Å². The van der Waals surface area contributed by atoms with E-state index in [1.807, 2.05) is 11.1 Å². The minimum Gasteiger partial charge on any atom is -0.347 e. The van der Waals surface area contributed by atoms with Gasteiger partial charge in [0.25, 0.3) is 0 Å². The Morgan fingerprint density at radius 1 is 1.41 bits per heavy atom. The molecule has 2 heterocycles. The zero-order valence-corrected chi connectivity index (χ0v) is 11.0. The summed E-state index contributed by atoms with van der Waals surface area (Å²) in [6.45, 7) is 4.17. The maximum absolute atomic E-state index is 11.3. The number of piperazine rings is 1. The number of nitrogens with one attached hydrogen (secondary N) is 1. The highest BCUT2D eigenvalue weighted by atomic mass is 35.5. The Balaban J connectivity index is 0.00000144. The number of aromatic nitrogens is 2. The van der Waals surface area contributed by atoms with Gasteiger partial charge in [-0.3, -0.25) is 9.69 Å². The fraction of sp³-hybridized carbons (Fsp3) is 0.600. The number of nitrogens with zero attached hydrogens (tertiary/aromatic N) is 3. The molecule has 96 valence electrons. The minimum atomic E-state index is 0. The van der Waals surface area contributed by atoms with Crippen molar-refractivity contribution in [3.8, 4) is 0 Å². The molecule has 1 amide bonds. The average Bonchev–Trinajstić information content (AvgIpc) is 2.82. The molecule has 0 spiro atoms. The highest BCUT2D eigenvalue weighted by molar-refractivity contribution is 6.27. The standard InChI is InChI=1S/C10H15ClN4O.ClH/c11-5-10(16)15-3-1-14(2-4-15)7-9-6-12-8-13-9;/h6,8H,1-5,7H2,(H,12,13);1H. The van der Waals surface area contributed by atoms with Gasteiger partial charge in [0.15, 0.2) is 0 Å². The van der Waals surface area contributed by atoms with E-state index < -0.39 is 0 Å². The highest BCUT2D eigenvalue weighted by Gasteiger charge is 2.20. The first kappa shape index (κ1) is 14.3. The molecule has 1 aromatic heterocycles. The zero-order chi connectivity index (χ0) is 11.4. The summed E-state index contributed by atoms with van der Waals surface area (Å²) < 4.78 is 0. The number of hydrogen-bond acceptors (Lipinski definition) is 3. The second-order valence-electron chi connectivity index (χ2n) is 3.87. The average molecular weight is 279 g/mol. The lowest BCUT2D eigenvalue weighted by Crippen LogP contribution is -2.48. The fourth-order valence-electron chi connectivity index (χ4n) is 1.85. The number of carbonyl (C=O) groups is 1. The zero-order valence-electron chi connectivity index (χ0n) is 9.43. The van der Waals surface area contributed by atoms with Crippen LogP contribution in [0.5, 0.6) is 0 Å². The number of hydrogen-bond donors (Lipinski definition) is 1. The van der Waals surface area contributed by atoms with Crippen LogP contribution in [0.4, 0.5) is 0 Å². The summed E-state index contributed by atoms with van der Waals surface area (Å²) in [6.07, 6.45) is 3.51. The van der Waals surface area contributed by atoms with E-state index in [0.717, 1.165) is 38.4 Å². The summed E-state index contributed by atoms with van der Waals surface area (Å²) in [5.41, 5.74) is 1.11. The molecule has 0 bridgehead atoms. The number of H-pyrrole nitrogens is 1. The lowest BCUT2D eigenvalue weighted by molar-refractivity contribution is -0.130. The van der Waals surface area contributed by atoms with E-state index >= 15 is 0 Å². The molecule has 0 atom stereocenters. The second kappa shape index (κ2) is 6.83. The van der Waals surface area contributed by atoms with Gasteiger partial charge in [0, 0.05) is 44.6 Å². The van der Waals surface area contributed by atoms with Gasteiger partial charge >= 0.3 is 0 Å². The number of amides is 1. The van der Waals surface area contributed by atoms with Gasteiger partial charge in [-0.05, 0) is 0 Å².